The van der Waals surface area contributed by atoms with Crippen molar-refractivity contribution in [3.8, 4) is 11.5 Å². The van der Waals surface area contributed by atoms with E-state index in [2.05, 4.69) is 15.9 Å². The van der Waals surface area contributed by atoms with Crippen LogP contribution in [0.4, 0.5) is 13.2 Å². The number of ether oxygens (including phenoxy) is 2. The predicted octanol–water partition coefficient (Wildman–Crippen LogP) is 2.53. The highest BCUT2D eigenvalue weighted by molar-refractivity contribution is 9.10. The van der Waals surface area contributed by atoms with Gasteiger partial charge in [0.1, 0.15) is 22.0 Å². The first-order chi connectivity index (χ1) is 8.36. The highest BCUT2D eigenvalue weighted by atomic mass is 79.9. The van der Waals surface area contributed by atoms with E-state index in [-0.39, 0.29) is 11.3 Å². The summed E-state index contributed by atoms with van der Waals surface area (Å²) in [6.45, 7) is 0. The van der Waals surface area contributed by atoms with Crippen molar-refractivity contribution in [2.75, 3.05) is 14.2 Å². The molecule has 0 aliphatic heterocycles. The third-order valence-electron chi connectivity index (χ3n) is 2.32. The number of hydrazine groups is 1. The van der Waals surface area contributed by atoms with Crippen molar-refractivity contribution in [1.29, 1.82) is 0 Å². The highest BCUT2D eigenvalue weighted by Gasteiger charge is 2.42. The Morgan fingerprint density at radius 2 is 1.89 bits per heavy atom. The molecule has 0 fully saturated rings. The molecule has 0 aliphatic carbocycles. The zero-order valence-corrected chi connectivity index (χ0v) is 11.2. The molecule has 18 heavy (non-hydrogen) atoms. The fourth-order valence-electron chi connectivity index (χ4n) is 1.51. The maximum atomic E-state index is 12.8. The second kappa shape index (κ2) is 5.77. The van der Waals surface area contributed by atoms with Crippen LogP contribution in [-0.4, -0.2) is 20.4 Å². The Morgan fingerprint density at radius 3 is 2.28 bits per heavy atom. The molecule has 0 spiro atoms. The Hall–Kier alpha value is -0.990. The van der Waals surface area contributed by atoms with Crippen LogP contribution in [0.2, 0.25) is 0 Å². The van der Waals surface area contributed by atoms with Crippen molar-refractivity contribution >= 4 is 15.9 Å². The first-order valence-electron chi connectivity index (χ1n) is 4.80. The van der Waals surface area contributed by atoms with Gasteiger partial charge >= 0.3 is 6.18 Å². The van der Waals surface area contributed by atoms with E-state index in [9.17, 15) is 13.2 Å². The van der Waals surface area contributed by atoms with Gasteiger partial charge in [0.2, 0.25) is 0 Å². The van der Waals surface area contributed by atoms with E-state index in [1.54, 1.807) is 5.43 Å². The molecule has 0 heterocycles. The van der Waals surface area contributed by atoms with E-state index < -0.39 is 12.2 Å². The first kappa shape index (κ1) is 15.1. The summed E-state index contributed by atoms with van der Waals surface area (Å²) >= 11 is 3.13. The van der Waals surface area contributed by atoms with Crippen LogP contribution in [0.3, 0.4) is 0 Å². The number of halogens is 4. The number of benzene rings is 1. The van der Waals surface area contributed by atoms with Crippen molar-refractivity contribution in [3.05, 3.63) is 22.2 Å². The Morgan fingerprint density at radius 1 is 1.28 bits per heavy atom. The molecule has 102 valence electrons. The molecule has 0 saturated carbocycles. The maximum absolute atomic E-state index is 12.8. The number of nitrogens with two attached hydrogens (primary N) is 1. The van der Waals surface area contributed by atoms with E-state index in [4.69, 9.17) is 15.3 Å². The van der Waals surface area contributed by atoms with Crippen molar-refractivity contribution in [2.45, 2.75) is 12.2 Å². The lowest BCUT2D eigenvalue weighted by Crippen LogP contribution is -2.38. The molecule has 1 rings (SSSR count). The molecule has 0 amide bonds. The second-order valence-corrected chi connectivity index (χ2v) is 4.14. The third-order valence-corrected chi connectivity index (χ3v) is 3.07. The molecule has 0 saturated heterocycles. The molecule has 0 bridgehead atoms. The number of hydrogen-bond donors (Lipinski definition) is 2. The van der Waals surface area contributed by atoms with Crippen LogP contribution in [0.5, 0.6) is 11.5 Å². The average molecular weight is 329 g/mol. The van der Waals surface area contributed by atoms with Gasteiger partial charge in [0.15, 0.2) is 0 Å². The molecule has 8 heteroatoms. The Balaban J connectivity index is 3.36. The summed E-state index contributed by atoms with van der Waals surface area (Å²) in [5.41, 5.74) is 1.61. The molecule has 1 unspecified atom stereocenters. The van der Waals surface area contributed by atoms with Crippen LogP contribution in [0, 0.1) is 0 Å². The Kier molecular flexibility index (Phi) is 4.83. The molecule has 1 aromatic carbocycles. The van der Waals surface area contributed by atoms with E-state index in [0.717, 1.165) is 0 Å². The summed E-state index contributed by atoms with van der Waals surface area (Å²) in [6.07, 6.45) is -4.53. The minimum Gasteiger partial charge on any atom is -0.495 e. The number of nitrogens with one attached hydrogen (secondary N) is 1. The number of alkyl halides is 3. The van der Waals surface area contributed by atoms with Crippen LogP contribution < -0.4 is 20.7 Å². The van der Waals surface area contributed by atoms with Gasteiger partial charge in [-0.15, -0.1) is 0 Å². The monoisotopic (exact) mass is 328 g/mol. The van der Waals surface area contributed by atoms with Crippen molar-refractivity contribution in [2.24, 2.45) is 5.84 Å². The lowest BCUT2D eigenvalue weighted by Gasteiger charge is -2.23. The van der Waals surface area contributed by atoms with Gasteiger partial charge < -0.3 is 9.47 Å². The average Bonchev–Trinajstić information content (AvgIpc) is 2.28. The van der Waals surface area contributed by atoms with Gasteiger partial charge in [0, 0.05) is 5.56 Å². The minimum absolute atomic E-state index is 0.0228. The predicted molar refractivity (Wildman–Crippen MR) is 63.4 cm³/mol. The van der Waals surface area contributed by atoms with E-state index in [0.29, 0.717) is 10.2 Å². The summed E-state index contributed by atoms with van der Waals surface area (Å²) in [5.74, 6) is 5.35. The molecule has 1 aromatic rings. The SMILES string of the molecule is COc1ccc(C(NN)C(F)(F)F)c(OC)c1Br. The number of methoxy groups -OCH3 is 2. The number of hydrogen-bond acceptors (Lipinski definition) is 4. The molecule has 0 aromatic heterocycles. The summed E-state index contributed by atoms with van der Waals surface area (Å²) in [5, 5.41) is 0. The Bertz CT molecular complexity index is 426. The molecule has 3 N–H and O–H groups in total. The third kappa shape index (κ3) is 2.88. The summed E-state index contributed by atoms with van der Waals surface area (Å²) < 4.78 is 48.6. The van der Waals surface area contributed by atoms with Crippen molar-refractivity contribution in [1.82, 2.24) is 5.43 Å². The van der Waals surface area contributed by atoms with Gasteiger partial charge in [-0.05, 0) is 28.1 Å². The second-order valence-electron chi connectivity index (χ2n) is 3.35. The van der Waals surface area contributed by atoms with Gasteiger partial charge in [0.05, 0.1) is 14.2 Å². The first-order valence-corrected chi connectivity index (χ1v) is 5.59. The lowest BCUT2D eigenvalue weighted by molar-refractivity contribution is -0.158. The zero-order valence-electron chi connectivity index (χ0n) is 9.64. The van der Waals surface area contributed by atoms with Crippen LogP contribution in [0.15, 0.2) is 16.6 Å². The maximum Gasteiger partial charge on any atom is 0.409 e. The van der Waals surface area contributed by atoms with E-state index in [1.807, 2.05) is 0 Å². The summed E-state index contributed by atoms with van der Waals surface area (Å²) in [7, 11) is 2.68. The van der Waals surface area contributed by atoms with Crippen LogP contribution >= 0.6 is 15.9 Å². The van der Waals surface area contributed by atoms with Crippen LogP contribution in [0.25, 0.3) is 0 Å². The molecule has 4 nitrogen and oxygen atoms in total. The van der Waals surface area contributed by atoms with Gasteiger partial charge in [-0.1, -0.05) is 0 Å². The normalized spacial score (nSPS) is 13.3. The van der Waals surface area contributed by atoms with Gasteiger partial charge in [-0.2, -0.15) is 13.2 Å². The van der Waals surface area contributed by atoms with Crippen molar-refractivity contribution in [3.63, 3.8) is 0 Å². The number of rotatable bonds is 4. The van der Waals surface area contributed by atoms with E-state index >= 15 is 0 Å². The van der Waals surface area contributed by atoms with Gasteiger partial charge in [-0.25, -0.2) is 5.43 Å². The highest BCUT2D eigenvalue weighted by Crippen LogP contribution is 2.43. The smallest absolute Gasteiger partial charge is 0.409 e. The largest absolute Gasteiger partial charge is 0.495 e. The zero-order chi connectivity index (χ0) is 13.9. The quantitative estimate of drug-likeness (QED) is 0.658. The standard InChI is InChI=1S/C10H12BrF3N2O2/c1-17-6-4-3-5(8(18-2)7(6)11)9(16-15)10(12,13)14/h3-4,9,16H,15H2,1-2H3. The molecule has 1 atom stereocenters. The van der Waals surface area contributed by atoms with Crippen LogP contribution in [0.1, 0.15) is 11.6 Å². The topological polar surface area (TPSA) is 56.5 Å². The molecular weight excluding hydrogens is 317 g/mol. The van der Waals surface area contributed by atoms with Gasteiger partial charge in [0.25, 0.3) is 0 Å². The lowest BCUT2D eigenvalue weighted by atomic mass is 10.1. The van der Waals surface area contributed by atoms with E-state index in [1.165, 1.54) is 26.4 Å². The van der Waals surface area contributed by atoms with Crippen LogP contribution in [-0.2, 0) is 0 Å². The van der Waals surface area contributed by atoms with Crippen molar-refractivity contribution < 1.29 is 22.6 Å². The summed E-state index contributed by atoms with van der Waals surface area (Å²) in [4.78, 5) is 0. The molecular formula is C10H12BrF3N2O2. The fraction of sp³-hybridized carbons (Fsp3) is 0.400. The molecule has 0 radical (unpaired) electrons. The summed E-state index contributed by atoms with van der Waals surface area (Å²) in [6, 6.07) is 0.632. The molecule has 0 aliphatic rings. The fourth-order valence-corrected chi connectivity index (χ4v) is 2.19. The van der Waals surface area contributed by atoms with Gasteiger partial charge in [-0.3, -0.25) is 5.84 Å². The Labute approximate surface area is 110 Å². The minimum atomic E-state index is -4.53.